The molecule has 2 aromatic rings. The molecule has 0 spiro atoms. The van der Waals surface area contributed by atoms with Crippen LogP contribution < -0.4 is 10.3 Å². The molecule has 0 aliphatic carbocycles. The summed E-state index contributed by atoms with van der Waals surface area (Å²) in [5, 5.41) is 18.4. The number of hydrogen-bond donors (Lipinski definition) is 1. The first kappa shape index (κ1) is 19.0. The molecule has 0 fully saturated rings. The molecule has 1 N–H and O–H groups in total. The second-order valence-electron chi connectivity index (χ2n) is 5.01. The van der Waals surface area contributed by atoms with Gasteiger partial charge >= 0.3 is 0 Å². The van der Waals surface area contributed by atoms with Crippen molar-refractivity contribution in [3.63, 3.8) is 0 Å². The molecule has 6 nitrogen and oxygen atoms in total. The van der Waals surface area contributed by atoms with Gasteiger partial charge in [-0.1, -0.05) is 27.7 Å². The minimum atomic E-state index is -0.475. The van der Waals surface area contributed by atoms with Gasteiger partial charge in [0.05, 0.1) is 12.7 Å². The normalized spacial score (nSPS) is 10.1. The summed E-state index contributed by atoms with van der Waals surface area (Å²) in [4.78, 5) is 19.1. The zero-order valence-corrected chi connectivity index (χ0v) is 15.9. The van der Waals surface area contributed by atoms with Gasteiger partial charge in [-0.3, -0.25) is 4.79 Å². The number of rotatable bonds is 7. The number of aromatic nitrogens is 2. The lowest BCUT2D eigenvalue weighted by Gasteiger charge is -2.13. The van der Waals surface area contributed by atoms with Gasteiger partial charge in [0, 0.05) is 16.5 Å². The fourth-order valence-corrected chi connectivity index (χ4v) is 2.89. The largest absolute Gasteiger partial charge is 0.493 e. The van der Waals surface area contributed by atoms with Gasteiger partial charge in [-0.15, -0.1) is 0 Å². The number of thioether (sulfide) groups is 1. The number of ether oxygens (including phenoxy) is 1. The Morgan fingerprint density at radius 3 is 2.84 bits per heavy atom. The molecule has 2 rings (SSSR count). The van der Waals surface area contributed by atoms with Gasteiger partial charge in [0.1, 0.15) is 23.1 Å². The Hall–Kier alpha value is -2.29. The molecule has 0 saturated carbocycles. The number of nitrogens with one attached hydrogen (secondary N) is 1. The predicted molar refractivity (Wildman–Crippen MR) is 99.4 cm³/mol. The van der Waals surface area contributed by atoms with Crippen LogP contribution in [0.25, 0.3) is 11.3 Å². The zero-order chi connectivity index (χ0) is 18.2. The fourth-order valence-electron chi connectivity index (χ4n) is 2.15. The van der Waals surface area contributed by atoms with Crippen molar-refractivity contribution in [2.75, 3.05) is 12.9 Å². The Morgan fingerprint density at radius 1 is 1.36 bits per heavy atom. The van der Waals surface area contributed by atoms with E-state index in [9.17, 15) is 10.1 Å². The van der Waals surface area contributed by atoms with Crippen LogP contribution in [0.5, 0.6) is 5.75 Å². The molecular formula is C17H15BrN4O2S. The van der Waals surface area contributed by atoms with Crippen molar-refractivity contribution in [1.29, 1.82) is 10.5 Å². The van der Waals surface area contributed by atoms with Crippen molar-refractivity contribution in [3.05, 3.63) is 38.6 Å². The van der Waals surface area contributed by atoms with Crippen LogP contribution in [0.4, 0.5) is 0 Å². The van der Waals surface area contributed by atoms with E-state index in [0.717, 1.165) is 17.3 Å². The molecule has 1 heterocycles. The van der Waals surface area contributed by atoms with E-state index in [1.54, 1.807) is 18.4 Å². The van der Waals surface area contributed by atoms with Gasteiger partial charge in [0.2, 0.25) is 0 Å². The van der Waals surface area contributed by atoms with Crippen LogP contribution in [0.1, 0.15) is 24.8 Å². The number of nitrogens with zero attached hydrogens (tertiary/aromatic N) is 3. The van der Waals surface area contributed by atoms with Crippen LogP contribution in [0.15, 0.2) is 32.6 Å². The van der Waals surface area contributed by atoms with Crippen molar-refractivity contribution >= 4 is 27.7 Å². The number of H-pyrrole nitrogens is 1. The van der Waals surface area contributed by atoms with Gasteiger partial charge in [-0.2, -0.15) is 10.5 Å². The van der Waals surface area contributed by atoms with Crippen molar-refractivity contribution < 1.29 is 4.74 Å². The first-order valence-corrected chi connectivity index (χ1v) is 9.50. The van der Waals surface area contributed by atoms with Crippen LogP contribution in [-0.2, 0) is 0 Å². The summed E-state index contributed by atoms with van der Waals surface area (Å²) in [5.74, 6) is 0.543. The number of nitriles is 2. The summed E-state index contributed by atoms with van der Waals surface area (Å²) in [5.41, 5.74) is 0.346. The molecule has 0 unspecified atom stereocenters. The molecule has 0 amide bonds. The molecule has 0 aliphatic heterocycles. The Bertz CT molecular complexity index is 899. The SMILES string of the molecule is CSc1nc(-c2cc(Br)ccc2OCCCCC#N)c(C#N)c(=O)[nH]1. The maximum absolute atomic E-state index is 12.1. The van der Waals surface area contributed by atoms with E-state index in [1.165, 1.54) is 11.8 Å². The molecule has 0 radical (unpaired) electrons. The summed E-state index contributed by atoms with van der Waals surface area (Å²) >= 11 is 4.69. The maximum Gasteiger partial charge on any atom is 0.270 e. The molecule has 1 aromatic carbocycles. The summed E-state index contributed by atoms with van der Waals surface area (Å²) in [6.07, 6.45) is 3.78. The smallest absolute Gasteiger partial charge is 0.270 e. The van der Waals surface area contributed by atoms with Crippen LogP contribution in [-0.4, -0.2) is 22.8 Å². The lowest BCUT2D eigenvalue weighted by molar-refractivity contribution is 0.308. The van der Waals surface area contributed by atoms with Gasteiger partial charge in [0.15, 0.2) is 5.16 Å². The molecule has 1 aromatic heterocycles. The molecule has 0 saturated heterocycles. The van der Waals surface area contributed by atoms with Crippen LogP contribution in [0.3, 0.4) is 0 Å². The van der Waals surface area contributed by atoms with Gasteiger partial charge in [-0.05, 0) is 37.3 Å². The third-order valence-electron chi connectivity index (χ3n) is 3.34. The van der Waals surface area contributed by atoms with E-state index in [0.29, 0.717) is 35.2 Å². The van der Waals surface area contributed by atoms with E-state index in [-0.39, 0.29) is 5.56 Å². The number of aromatic amines is 1. The molecular weight excluding hydrogens is 404 g/mol. The van der Waals surface area contributed by atoms with Crippen molar-refractivity contribution in [2.24, 2.45) is 0 Å². The summed E-state index contributed by atoms with van der Waals surface area (Å²) < 4.78 is 6.60. The van der Waals surface area contributed by atoms with Crippen molar-refractivity contribution in [3.8, 4) is 29.1 Å². The Labute approximate surface area is 158 Å². The second kappa shape index (κ2) is 9.26. The van der Waals surface area contributed by atoms with Crippen molar-refractivity contribution in [1.82, 2.24) is 9.97 Å². The van der Waals surface area contributed by atoms with E-state index < -0.39 is 5.56 Å². The molecule has 128 valence electrons. The van der Waals surface area contributed by atoms with E-state index in [2.05, 4.69) is 32.0 Å². The predicted octanol–water partition coefficient (Wildman–Crippen LogP) is 3.87. The van der Waals surface area contributed by atoms with Gasteiger partial charge in [-0.25, -0.2) is 4.98 Å². The number of benzene rings is 1. The van der Waals surface area contributed by atoms with Crippen LogP contribution >= 0.6 is 27.7 Å². The lowest BCUT2D eigenvalue weighted by atomic mass is 10.1. The second-order valence-corrected chi connectivity index (χ2v) is 6.73. The molecule has 0 bridgehead atoms. The first-order valence-electron chi connectivity index (χ1n) is 7.48. The average molecular weight is 419 g/mol. The highest BCUT2D eigenvalue weighted by molar-refractivity contribution is 9.10. The number of hydrogen-bond acceptors (Lipinski definition) is 6. The Morgan fingerprint density at radius 2 is 2.16 bits per heavy atom. The fraction of sp³-hybridized carbons (Fsp3) is 0.294. The standard InChI is InChI=1S/C17H15BrN4O2S/c1-25-17-21-15(13(10-20)16(23)22-17)12-9-11(18)5-6-14(12)24-8-4-2-3-7-19/h5-6,9H,2-4,8H2,1H3,(H,21,22,23). The van der Waals surface area contributed by atoms with Gasteiger partial charge < -0.3 is 9.72 Å². The summed E-state index contributed by atoms with van der Waals surface area (Å²) in [6, 6.07) is 9.39. The molecule has 25 heavy (non-hydrogen) atoms. The third-order valence-corrected chi connectivity index (χ3v) is 4.41. The third kappa shape index (κ3) is 4.85. The Balaban J connectivity index is 2.43. The highest BCUT2D eigenvalue weighted by Gasteiger charge is 2.17. The monoisotopic (exact) mass is 418 g/mol. The van der Waals surface area contributed by atoms with E-state index in [4.69, 9.17) is 10.00 Å². The number of unbranched alkanes of at least 4 members (excludes halogenated alkanes) is 2. The van der Waals surface area contributed by atoms with Crippen LogP contribution in [0, 0.1) is 22.7 Å². The minimum Gasteiger partial charge on any atom is -0.493 e. The molecule has 8 heteroatoms. The molecule has 0 atom stereocenters. The topological polar surface area (TPSA) is 103 Å². The minimum absolute atomic E-state index is 0.0507. The zero-order valence-electron chi connectivity index (χ0n) is 13.5. The van der Waals surface area contributed by atoms with E-state index in [1.807, 2.05) is 12.1 Å². The maximum atomic E-state index is 12.1. The highest BCUT2D eigenvalue weighted by atomic mass is 79.9. The van der Waals surface area contributed by atoms with E-state index >= 15 is 0 Å². The lowest BCUT2D eigenvalue weighted by Crippen LogP contribution is -2.15. The Kier molecular flexibility index (Phi) is 7.05. The van der Waals surface area contributed by atoms with Crippen LogP contribution in [0.2, 0.25) is 0 Å². The first-order chi connectivity index (χ1) is 12.1. The van der Waals surface area contributed by atoms with Gasteiger partial charge in [0.25, 0.3) is 5.56 Å². The number of halogens is 1. The summed E-state index contributed by atoms with van der Waals surface area (Å²) in [7, 11) is 0. The quantitative estimate of drug-likeness (QED) is 0.415. The average Bonchev–Trinajstić information content (AvgIpc) is 2.61. The summed E-state index contributed by atoms with van der Waals surface area (Å²) in [6.45, 7) is 0.441. The van der Waals surface area contributed by atoms with Crippen molar-refractivity contribution in [2.45, 2.75) is 24.4 Å². The highest BCUT2D eigenvalue weighted by Crippen LogP contribution is 2.33. The molecule has 0 aliphatic rings.